The second-order valence-corrected chi connectivity index (χ2v) is 6.95. The molecule has 1 aliphatic rings. The normalized spacial score (nSPS) is 15.6. The molecule has 2 heterocycles. The van der Waals surface area contributed by atoms with Crippen molar-refractivity contribution >= 4 is 41.5 Å². The van der Waals surface area contributed by atoms with E-state index in [1.807, 2.05) is 37.7 Å². The molecule has 27 heavy (non-hydrogen) atoms. The maximum Gasteiger partial charge on any atom is 0.194 e. The Labute approximate surface area is 182 Å². The number of aromatic nitrogens is 3. The second-order valence-electron chi connectivity index (χ2n) is 6.51. The van der Waals surface area contributed by atoms with Crippen LogP contribution >= 0.6 is 35.6 Å². The lowest BCUT2D eigenvalue weighted by molar-refractivity contribution is 0.172. The van der Waals surface area contributed by atoms with E-state index in [-0.39, 0.29) is 24.0 Å². The minimum absolute atomic E-state index is 0. The van der Waals surface area contributed by atoms with Gasteiger partial charge in [-0.2, -0.15) is 0 Å². The number of hydrogen-bond acceptors (Lipinski definition) is 4. The first-order valence-corrected chi connectivity index (χ1v) is 9.22. The van der Waals surface area contributed by atoms with Gasteiger partial charge in [-0.05, 0) is 24.6 Å². The highest BCUT2D eigenvalue weighted by Crippen LogP contribution is 2.13. The first-order valence-electron chi connectivity index (χ1n) is 8.84. The molecule has 9 heteroatoms. The van der Waals surface area contributed by atoms with Gasteiger partial charge in [0.25, 0.3) is 0 Å². The summed E-state index contributed by atoms with van der Waals surface area (Å²) in [4.78, 5) is 9.17. The standard InChI is InChI=1S/C18H26ClN7.HI/c1-14-22-23-17(24(14)3)12-21-18(20-2)26-10-8-25(9-11-26)13-15-4-6-16(19)7-5-15;/h4-7H,8-13H2,1-3H3,(H,20,21);1H. The Kier molecular flexibility index (Phi) is 8.30. The quantitative estimate of drug-likeness (QED) is 0.394. The van der Waals surface area contributed by atoms with Crippen LogP contribution in [0.4, 0.5) is 0 Å². The van der Waals surface area contributed by atoms with Gasteiger partial charge in [-0.25, -0.2) is 0 Å². The molecule has 1 aromatic heterocycles. The number of benzene rings is 1. The summed E-state index contributed by atoms with van der Waals surface area (Å²) in [5.41, 5.74) is 1.29. The minimum Gasteiger partial charge on any atom is -0.349 e. The molecule has 0 saturated carbocycles. The first kappa shape index (κ1) is 21.9. The van der Waals surface area contributed by atoms with Gasteiger partial charge in [0.1, 0.15) is 5.82 Å². The molecule has 1 aliphatic heterocycles. The molecule has 1 fully saturated rings. The van der Waals surface area contributed by atoms with Gasteiger partial charge >= 0.3 is 0 Å². The van der Waals surface area contributed by atoms with E-state index in [9.17, 15) is 0 Å². The molecule has 1 N–H and O–H groups in total. The SMILES string of the molecule is CN=C(NCc1nnc(C)n1C)N1CCN(Cc2ccc(Cl)cc2)CC1.I. The molecule has 0 spiro atoms. The highest BCUT2D eigenvalue weighted by atomic mass is 127. The Bertz CT molecular complexity index is 752. The highest BCUT2D eigenvalue weighted by Gasteiger charge is 2.20. The van der Waals surface area contributed by atoms with Crippen LogP contribution in [0.2, 0.25) is 5.02 Å². The number of nitrogens with one attached hydrogen (secondary N) is 1. The lowest BCUT2D eigenvalue weighted by Gasteiger charge is -2.36. The molecular formula is C18H27ClIN7. The van der Waals surface area contributed by atoms with Gasteiger partial charge in [0.2, 0.25) is 0 Å². The zero-order chi connectivity index (χ0) is 18.5. The summed E-state index contributed by atoms with van der Waals surface area (Å²) in [7, 11) is 3.80. The topological polar surface area (TPSA) is 61.6 Å². The first-order chi connectivity index (χ1) is 12.6. The van der Waals surface area contributed by atoms with Gasteiger partial charge in [-0.1, -0.05) is 23.7 Å². The lowest BCUT2D eigenvalue weighted by Crippen LogP contribution is -2.52. The molecule has 3 rings (SSSR count). The number of aryl methyl sites for hydroxylation is 1. The van der Waals surface area contributed by atoms with Crippen molar-refractivity contribution < 1.29 is 0 Å². The van der Waals surface area contributed by atoms with Gasteiger partial charge in [0.05, 0.1) is 6.54 Å². The van der Waals surface area contributed by atoms with Gasteiger partial charge in [0.15, 0.2) is 11.8 Å². The third kappa shape index (κ3) is 5.79. The zero-order valence-electron chi connectivity index (χ0n) is 16.0. The van der Waals surface area contributed by atoms with Crippen molar-refractivity contribution in [2.24, 2.45) is 12.0 Å². The van der Waals surface area contributed by atoms with Crippen molar-refractivity contribution in [1.29, 1.82) is 0 Å². The van der Waals surface area contributed by atoms with Crippen molar-refractivity contribution in [3.05, 3.63) is 46.5 Å². The van der Waals surface area contributed by atoms with E-state index in [1.54, 1.807) is 0 Å². The summed E-state index contributed by atoms with van der Waals surface area (Å²) in [6.07, 6.45) is 0. The molecule has 7 nitrogen and oxygen atoms in total. The van der Waals surface area contributed by atoms with Crippen LogP contribution in [0.5, 0.6) is 0 Å². The predicted octanol–water partition coefficient (Wildman–Crippen LogP) is 2.29. The maximum absolute atomic E-state index is 5.96. The smallest absolute Gasteiger partial charge is 0.194 e. The summed E-state index contributed by atoms with van der Waals surface area (Å²) in [5, 5.41) is 12.5. The molecule has 0 radical (unpaired) electrons. The van der Waals surface area contributed by atoms with Gasteiger partial charge in [0, 0.05) is 51.8 Å². The van der Waals surface area contributed by atoms with Crippen LogP contribution in [-0.4, -0.2) is 63.8 Å². The Morgan fingerprint density at radius 2 is 1.81 bits per heavy atom. The van der Waals surface area contributed by atoms with Crippen LogP contribution in [0.3, 0.4) is 0 Å². The number of aliphatic imine (C=N–C) groups is 1. The fraction of sp³-hybridized carbons (Fsp3) is 0.500. The van der Waals surface area contributed by atoms with E-state index < -0.39 is 0 Å². The van der Waals surface area contributed by atoms with Gasteiger partial charge < -0.3 is 14.8 Å². The Balaban J connectivity index is 0.00000261. The molecule has 0 amide bonds. The molecule has 0 unspecified atom stereocenters. The minimum atomic E-state index is 0. The number of halogens is 2. The van der Waals surface area contributed by atoms with Crippen LogP contribution in [0.15, 0.2) is 29.3 Å². The van der Waals surface area contributed by atoms with Crippen molar-refractivity contribution in [2.45, 2.75) is 20.0 Å². The van der Waals surface area contributed by atoms with Gasteiger partial charge in [-0.3, -0.25) is 9.89 Å². The Morgan fingerprint density at radius 1 is 1.15 bits per heavy atom. The lowest BCUT2D eigenvalue weighted by atomic mass is 10.2. The monoisotopic (exact) mass is 503 g/mol. The van der Waals surface area contributed by atoms with E-state index in [0.717, 1.165) is 55.4 Å². The van der Waals surface area contributed by atoms with Crippen LogP contribution in [0.25, 0.3) is 0 Å². The molecule has 0 bridgehead atoms. The van der Waals surface area contributed by atoms with E-state index in [0.29, 0.717) is 6.54 Å². The van der Waals surface area contributed by atoms with Crippen LogP contribution < -0.4 is 5.32 Å². The average molecular weight is 504 g/mol. The van der Waals surface area contributed by atoms with Crippen LogP contribution in [0, 0.1) is 6.92 Å². The molecule has 148 valence electrons. The predicted molar refractivity (Wildman–Crippen MR) is 120 cm³/mol. The van der Waals surface area contributed by atoms with Crippen LogP contribution in [0.1, 0.15) is 17.2 Å². The summed E-state index contributed by atoms with van der Waals surface area (Å²) in [5.74, 6) is 2.73. The fourth-order valence-corrected chi connectivity index (χ4v) is 3.19. The molecule has 0 atom stereocenters. The van der Waals surface area contributed by atoms with Crippen molar-refractivity contribution in [2.75, 3.05) is 33.2 Å². The number of guanidine groups is 1. The number of rotatable bonds is 4. The number of piperazine rings is 1. The molecule has 1 aromatic carbocycles. The van der Waals surface area contributed by atoms with E-state index >= 15 is 0 Å². The molecule has 0 aliphatic carbocycles. The number of hydrogen-bond donors (Lipinski definition) is 1. The van der Waals surface area contributed by atoms with Crippen LogP contribution in [-0.2, 0) is 20.1 Å². The summed E-state index contributed by atoms with van der Waals surface area (Å²) < 4.78 is 1.99. The summed E-state index contributed by atoms with van der Waals surface area (Å²) in [6, 6.07) is 8.09. The van der Waals surface area contributed by atoms with Crippen molar-refractivity contribution in [3.63, 3.8) is 0 Å². The average Bonchev–Trinajstić information content (AvgIpc) is 2.97. The maximum atomic E-state index is 5.96. The second kappa shape index (κ2) is 10.2. The Hall–Kier alpha value is -1.39. The highest BCUT2D eigenvalue weighted by molar-refractivity contribution is 14.0. The molecule has 1 saturated heterocycles. The van der Waals surface area contributed by atoms with Crippen molar-refractivity contribution in [3.8, 4) is 0 Å². The number of nitrogens with zero attached hydrogens (tertiary/aromatic N) is 6. The molecule has 2 aromatic rings. The fourth-order valence-electron chi connectivity index (χ4n) is 3.06. The third-order valence-electron chi connectivity index (χ3n) is 4.79. The van der Waals surface area contributed by atoms with E-state index in [2.05, 4.69) is 42.4 Å². The Morgan fingerprint density at radius 3 is 2.37 bits per heavy atom. The zero-order valence-corrected chi connectivity index (χ0v) is 19.1. The summed E-state index contributed by atoms with van der Waals surface area (Å²) >= 11 is 5.96. The van der Waals surface area contributed by atoms with Gasteiger partial charge in [-0.15, -0.1) is 34.2 Å². The summed E-state index contributed by atoms with van der Waals surface area (Å²) in [6.45, 7) is 7.44. The van der Waals surface area contributed by atoms with E-state index in [1.165, 1.54) is 5.56 Å². The molecular weight excluding hydrogens is 477 g/mol. The third-order valence-corrected chi connectivity index (χ3v) is 5.04. The van der Waals surface area contributed by atoms with E-state index in [4.69, 9.17) is 11.6 Å². The largest absolute Gasteiger partial charge is 0.349 e. The van der Waals surface area contributed by atoms with Crippen molar-refractivity contribution in [1.82, 2.24) is 29.9 Å².